The molecule has 0 heterocycles. The van der Waals surface area contributed by atoms with Gasteiger partial charge in [0.15, 0.2) is 5.78 Å². The molecular formula is C8H5Br2IO. The molecule has 0 radical (unpaired) electrons. The summed E-state index contributed by atoms with van der Waals surface area (Å²) in [5, 5.41) is 0. The molecule has 1 nitrogen and oxygen atoms in total. The zero-order chi connectivity index (χ0) is 9.30. The zero-order valence-electron chi connectivity index (χ0n) is 6.20. The number of halogens is 3. The summed E-state index contributed by atoms with van der Waals surface area (Å²) in [5.41, 5.74) is 0.725. The number of Topliss-reactive ketones (excluding diaryl/α,β-unsaturated/α-hetero) is 1. The Morgan fingerprint density at radius 1 is 1.33 bits per heavy atom. The highest BCUT2D eigenvalue weighted by molar-refractivity contribution is 14.1. The maximum atomic E-state index is 11.1. The monoisotopic (exact) mass is 402 g/mol. The molecule has 0 saturated carbocycles. The predicted molar refractivity (Wildman–Crippen MR) is 64.6 cm³/mol. The highest BCUT2D eigenvalue weighted by Crippen LogP contribution is 2.27. The van der Waals surface area contributed by atoms with Crippen molar-refractivity contribution < 1.29 is 4.79 Å². The van der Waals surface area contributed by atoms with Gasteiger partial charge in [-0.15, -0.1) is 0 Å². The van der Waals surface area contributed by atoms with E-state index in [1.807, 2.05) is 12.1 Å². The largest absolute Gasteiger partial charge is 0.294 e. The molecule has 0 bridgehead atoms. The Bertz CT molecular complexity index is 336. The number of hydrogen-bond acceptors (Lipinski definition) is 1. The molecule has 12 heavy (non-hydrogen) atoms. The molecule has 0 N–H and O–H groups in total. The third-order valence-electron chi connectivity index (χ3n) is 1.39. The molecule has 1 aromatic rings. The van der Waals surface area contributed by atoms with Gasteiger partial charge in [0.1, 0.15) is 0 Å². The number of rotatable bonds is 1. The Labute approximate surface area is 101 Å². The topological polar surface area (TPSA) is 17.1 Å². The molecule has 0 aromatic heterocycles. The van der Waals surface area contributed by atoms with Crippen LogP contribution in [0.3, 0.4) is 0 Å². The summed E-state index contributed by atoms with van der Waals surface area (Å²) >= 11 is 8.89. The maximum Gasteiger partial charge on any atom is 0.160 e. The van der Waals surface area contributed by atoms with Crippen molar-refractivity contribution in [1.82, 2.24) is 0 Å². The van der Waals surface area contributed by atoms with Crippen molar-refractivity contribution in [3.05, 3.63) is 30.2 Å². The second-order valence-corrected chi connectivity index (χ2v) is 5.17. The Morgan fingerprint density at radius 3 is 2.42 bits per heavy atom. The average Bonchev–Trinajstić information content (AvgIpc) is 1.96. The summed E-state index contributed by atoms with van der Waals surface area (Å²) in [6, 6.07) is 3.75. The van der Waals surface area contributed by atoms with Gasteiger partial charge in [0.2, 0.25) is 0 Å². The van der Waals surface area contributed by atoms with Crippen LogP contribution in [0.2, 0.25) is 0 Å². The van der Waals surface area contributed by atoms with Crippen LogP contribution in [-0.4, -0.2) is 5.78 Å². The minimum absolute atomic E-state index is 0.0762. The molecule has 0 aliphatic heterocycles. The van der Waals surface area contributed by atoms with Crippen LogP contribution in [0.4, 0.5) is 0 Å². The molecule has 64 valence electrons. The first-order valence-electron chi connectivity index (χ1n) is 3.18. The van der Waals surface area contributed by atoms with Crippen LogP contribution in [0.15, 0.2) is 21.1 Å². The van der Waals surface area contributed by atoms with Crippen molar-refractivity contribution in [2.75, 3.05) is 0 Å². The van der Waals surface area contributed by atoms with E-state index in [9.17, 15) is 4.79 Å². The van der Waals surface area contributed by atoms with E-state index < -0.39 is 0 Å². The van der Waals surface area contributed by atoms with Crippen LogP contribution in [0.1, 0.15) is 17.3 Å². The van der Waals surface area contributed by atoms with Gasteiger partial charge in [0.25, 0.3) is 0 Å². The quantitative estimate of drug-likeness (QED) is 0.393. The fraction of sp³-hybridized carbons (Fsp3) is 0.125. The van der Waals surface area contributed by atoms with E-state index in [2.05, 4.69) is 54.5 Å². The van der Waals surface area contributed by atoms with Crippen molar-refractivity contribution in [3.63, 3.8) is 0 Å². The molecule has 0 atom stereocenters. The normalized spacial score (nSPS) is 10.0. The van der Waals surface area contributed by atoms with Crippen molar-refractivity contribution in [3.8, 4) is 0 Å². The smallest absolute Gasteiger partial charge is 0.160 e. The van der Waals surface area contributed by atoms with Crippen molar-refractivity contribution in [2.45, 2.75) is 6.92 Å². The van der Waals surface area contributed by atoms with Crippen LogP contribution in [-0.2, 0) is 0 Å². The van der Waals surface area contributed by atoms with E-state index in [4.69, 9.17) is 0 Å². The Hall–Kier alpha value is 0.580. The van der Waals surface area contributed by atoms with Gasteiger partial charge in [-0.3, -0.25) is 4.79 Å². The summed E-state index contributed by atoms with van der Waals surface area (Å²) in [5.74, 6) is 0.0762. The molecule has 0 spiro atoms. The number of benzene rings is 1. The van der Waals surface area contributed by atoms with Crippen LogP contribution in [0.25, 0.3) is 0 Å². The van der Waals surface area contributed by atoms with Gasteiger partial charge in [-0.25, -0.2) is 0 Å². The van der Waals surface area contributed by atoms with Gasteiger partial charge < -0.3 is 0 Å². The number of hydrogen-bond donors (Lipinski definition) is 0. The van der Waals surface area contributed by atoms with E-state index in [1.165, 1.54) is 0 Å². The second-order valence-electron chi connectivity index (χ2n) is 2.30. The molecule has 4 heteroatoms. The van der Waals surface area contributed by atoms with Gasteiger partial charge >= 0.3 is 0 Å². The molecule has 1 rings (SSSR count). The third kappa shape index (κ3) is 2.29. The highest BCUT2D eigenvalue weighted by atomic mass is 127. The van der Waals surface area contributed by atoms with Crippen molar-refractivity contribution in [1.29, 1.82) is 0 Å². The highest BCUT2D eigenvalue weighted by Gasteiger charge is 2.07. The average molecular weight is 404 g/mol. The Balaban J connectivity index is 3.33. The SMILES string of the molecule is CC(=O)c1cc(I)c(Br)cc1Br. The lowest BCUT2D eigenvalue weighted by atomic mass is 10.2. The number of carbonyl (C=O) groups excluding carboxylic acids is 1. The van der Waals surface area contributed by atoms with Gasteiger partial charge in [0.05, 0.1) is 0 Å². The standard InChI is InChI=1S/C8H5Br2IO/c1-4(12)5-2-8(11)7(10)3-6(5)9/h2-3H,1H3. The number of carbonyl (C=O) groups is 1. The maximum absolute atomic E-state index is 11.1. The number of ketones is 1. The van der Waals surface area contributed by atoms with E-state index in [-0.39, 0.29) is 5.78 Å². The summed E-state index contributed by atoms with van der Waals surface area (Å²) in [4.78, 5) is 11.1. The lowest BCUT2D eigenvalue weighted by Crippen LogP contribution is -1.94. The van der Waals surface area contributed by atoms with Crippen LogP contribution >= 0.6 is 54.5 Å². The van der Waals surface area contributed by atoms with Crippen molar-refractivity contribution in [2.24, 2.45) is 0 Å². The molecule has 0 aliphatic rings. The summed E-state index contributed by atoms with van der Waals surface area (Å²) in [6.07, 6.45) is 0. The van der Waals surface area contributed by atoms with Gasteiger partial charge in [-0.1, -0.05) is 15.9 Å². The Morgan fingerprint density at radius 2 is 1.92 bits per heavy atom. The van der Waals surface area contributed by atoms with Crippen LogP contribution in [0.5, 0.6) is 0 Å². The molecule has 0 amide bonds. The lowest BCUT2D eigenvalue weighted by Gasteiger charge is -2.02. The van der Waals surface area contributed by atoms with E-state index in [0.29, 0.717) is 0 Å². The molecule has 0 unspecified atom stereocenters. The zero-order valence-corrected chi connectivity index (χ0v) is 11.5. The summed E-state index contributed by atoms with van der Waals surface area (Å²) < 4.78 is 2.88. The van der Waals surface area contributed by atoms with E-state index >= 15 is 0 Å². The van der Waals surface area contributed by atoms with Gasteiger partial charge in [-0.05, 0) is 57.6 Å². The second kappa shape index (κ2) is 4.19. The first-order chi connectivity index (χ1) is 5.52. The first-order valence-corrected chi connectivity index (χ1v) is 5.84. The Kier molecular flexibility index (Phi) is 3.73. The third-order valence-corrected chi connectivity index (χ3v) is 4.34. The first kappa shape index (κ1) is 10.7. The van der Waals surface area contributed by atoms with E-state index in [0.717, 1.165) is 18.1 Å². The fourth-order valence-corrected chi connectivity index (χ4v) is 2.53. The van der Waals surface area contributed by atoms with E-state index in [1.54, 1.807) is 6.92 Å². The lowest BCUT2D eigenvalue weighted by molar-refractivity contribution is 0.101. The van der Waals surface area contributed by atoms with Gasteiger partial charge in [-0.2, -0.15) is 0 Å². The molecule has 0 aliphatic carbocycles. The molecule has 0 fully saturated rings. The summed E-state index contributed by atoms with van der Waals surface area (Å²) in [7, 11) is 0. The van der Waals surface area contributed by atoms with Crippen molar-refractivity contribution >= 4 is 60.2 Å². The van der Waals surface area contributed by atoms with Crippen LogP contribution < -0.4 is 0 Å². The summed E-state index contributed by atoms with van der Waals surface area (Å²) in [6.45, 7) is 1.56. The molecule has 1 aromatic carbocycles. The minimum Gasteiger partial charge on any atom is -0.294 e. The minimum atomic E-state index is 0.0762. The fourth-order valence-electron chi connectivity index (χ4n) is 0.792. The van der Waals surface area contributed by atoms with Gasteiger partial charge in [0, 0.05) is 18.1 Å². The predicted octanol–water partition coefficient (Wildman–Crippen LogP) is 4.02. The molecular weight excluding hydrogens is 399 g/mol. The van der Waals surface area contributed by atoms with Crippen LogP contribution in [0, 0.1) is 3.57 Å². The molecule has 0 saturated heterocycles.